The number of nitrogens with one attached hydrogen (secondary N) is 3. The van der Waals surface area contributed by atoms with Crippen molar-refractivity contribution in [2.24, 2.45) is 11.3 Å². The van der Waals surface area contributed by atoms with Crippen molar-refractivity contribution in [3.63, 3.8) is 0 Å². The highest BCUT2D eigenvalue weighted by molar-refractivity contribution is 6.38. The number of aromatic nitrogens is 1. The predicted octanol–water partition coefficient (Wildman–Crippen LogP) is 2.87. The minimum atomic E-state index is -1.15. The second kappa shape index (κ2) is 11.2. The van der Waals surface area contributed by atoms with Gasteiger partial charge in [0.25, 0.3) is 11.8 Å². The summed E-state index contributed by atoms with van der Waals surface area (Å²) in [7, 11) is 0. The summed E-state index contributed by atoms with van der Waals surface area (Å²) >= 11 is 0. The zero-order chi connectivity index (χ0) is 30.4. The van der Waals surface area contributed by atoms with Crippen LogP contribution in [0.3, 0.4) is 0 Å². The Balaban J connectivity index is 1.19. The highest BCUT2D eigenvalue weighted by Crippen LogP contribution is 2.55. The quantitative estimate of drug-likeness (QED) is 0.328. The van der Waals surface area contributed by atoms with Crippen LogP contribution in [0.1, 0.15) is 61.9 Å². The third-order valence-electron chi connectivity index (χ3n) is 9.80. The molecule has 10 nitrogen and oxygen atoms in total. The van der Waals surface area contributed by atoms with Crippen LogP contribution in [0.2, 0.25) is 0 Å². The van der Waals surface area contributed by atoms with Crippen molar-refractivity contribution in [3.8, 4) is 5.69 Å². The van der Waals surface area contributed by atoms with Crippen LogP contribution >= 0.6 is 0 Å². The third kappa shape index (κ3) is 5.49. The molecule has 4 aliphatic rings. The van der Waals surface area contributed by atoms with Gasteiger partial charge in [-0.25, -0.2) is 0 Å². The molecule has 3 unspecified atom stereocenters. The maximum Gasteiger partial charge on any atom is 0.289 e. The van der Waals surface area contributed by atoms with Crippen LogP contribution in [-0.4, -0.2) is 70.1 Å². The summed E-state index contributed by atoms with van der Waals surface area (Å²) in [4.78, 5) is 68.7. The Morgan fingerprint density at radius 1 is 0.955 bits per heavy atom. The third-order valence-corrected chi connectivity index (χ3v) is 9.80. The van der Waals surface area contributed by atoms with Gasteiger partial charge in [-0.15, -0.1) is 0 Å². The second-order valence-electron chi connectivity index (χ2n) is 12.9. The lowest BCUT2D eigenvalue weighted by Crippen LogP contribution is -2.58. The van der Waals surface area contributed by atoms with Crippen molar-refractivity contribution in [1.82, 2.24) is 25.4 Å². The number of Topliss-reactive ketones (excluding diaryl/α,β-unsaturated/α-hetero) is 1. The van der Waals surface area contributed by atoms with Crippen molar-refractivity contribution >= 4 is 40.3 Å². The Bertz CT molecular complexity index is 1640. The molecular weight excluding hydrogens is 558 g/mol. The minimum absolute atomic E-state index is 0.0130. The van der Waals surface area contributed by atoms with E-state index in [2.05, 4.69) is 16.0 Å². The van der Waals surface area contributed by atoms with Gasteiger partial charge in [0.2, 0.25) is 17.6 Å². The van der Waals surface area contributed by atoms with E-state index in [1.165, 1.54) is 0 Å². The number of piperidine rings is 1. The molecule has 3 N–H and O–H groups in total. The van der Waals surface area contributed by atoms with Gasteiger partial charge in [-0.05, 0) is 81.0 Å². The smallest absolute Gasteiger partial charge is 0.289 e. The summed E-state index contributed by atoms with van der Waals surface area (Å²) in [6, 6.07) is 17.4. The molecule has 2 aromatic carbocycles. The lowest BCUT2D eigenvalue weighted by molar-refractivity contribution is -0.141. The first-order valence-corrected chi connectivity index (χ1v) is 15.7. The van der Waals surface area contributed by atoms with Gasteiger partial charge >= 0.3 is 0 Å². The van der Waals surface area contributed by atoms with E-state index in [9.17, 15) is 24.0 Å². The monoisotopic (exact) mass is 595 g/mol. The average molecular weight is 596 g/mol. The fourth-order valence-electron chi connectivity index (χ4n) is 6.85. The number of carbonyl (C=O) groups excluding carboxylic acids is 5. The number of likely N-dealkylation sites (tertiary alicyclic amines) is 1. The van der Waals surface area contributed by atoms with Gasteiger partial charge in [-0.2, -0.15) is 0 Å². The molecule has 0 bridgehead atoms. The first kappa shape index (κ1) is 28.3. The number of carbonyl (C=O) groups is 5. The summed E-state index contributed by atoms with van der Waals surface area (Å²) in [5.41, 5.74) is 2.21. The van der Waals surface area contributed by atoms with E-state index in [1.54, 1.807) is 4.90 Å². The predicted molar refractivity (Wildman–Crippen MR) is 163 cm³/mol. The topological polar surface area (TPSA) is 130 Å². The van der Waals surface area contributed by atoms with Crippen LogP contribution in [0.15, 0.2) is 60.7 Å². The van der Waals surface area contributed by atoms with Crippen molar-refractivity contribution in [1.29, 1.82) is 0 Å². The molecule has 3 heterocycles. The Hall–Kier alpha value is -4.47. The highest BCUT2D eigenvalue weighted by atomic mass is 16.2. The minimum Gasteiger partial charge on any atom is -0.356 e. The van der Waals surface area contributed by atoms with Gasteiger partial charge in [0.1, 0.15) is 11.7 Å². The standard InChI is InChI=1S/C34H37N5O5/c40-29(32(43)36-23-10-11-23)25(18-22-12-16-35-30(22)41)37-31(42)28-20-34(13-14-34)15-17-38(28)33(44)27-19-21-6-4-5-9-26(21)39(27)24-7-2-1-3-8-24/h1-9,19,22-23,25,28H,10-18,20H2,(H,35,41)(H,36,43)(H,37,42). The molecule has 3 atom stereocenters. The zero-order valence-corrected chi connectivity index (χ0v) is 24.6. The Morgan fingerprint density at radius 2 is 1.70 bits per heavy atom. The molecule has 7 rings (SSSR count). The molecule has 1 aromatic heterocycles. The van der Waals surface area contributed by atoms with Crippen molar-refractivity contribution in [3.05, 3.63) is 66.4 Å². The number of benzene rings is 2. The molecule has 2 saturated heterocycles. The van der Waals surface area contributed by atoms with Crippen molar-refractivity contribution in [2.75, 3.05) is 13.1 Å². The normalized spacial score (nSPS) is 22.8. The fraction of sp³-hybridized carbons (Fsp3) is 0.441. The largest absolute Gasteiger partial charge is 0.356 e. The fourth-order valence-corrected chi connectivity index (χ4v) is 6.85. The Kier molecular flexibility index (Phi) is 7.22. The van der Waals surface area contributed by atoms with E-state index >= 15 is 0 Å². The highest BCUT2D eigenvalue weighted by Gasteiger charge is 2.52. The van der Waals surface area contributed by atoms with Crippen LogP contribution in [-0.2, 0) is 19.2 Å². The second-order valence-corrected chi connectivity index (χ2v) is 12.9. The van der Waals surface area contributed by atoms with Gasteiger partial charge in [0, 0.05) is 36.1 Å². The first-order chi connectivity index (χ1) is 21.3. The average Bonchev–Trinajstić information content (AvgIpc) is 3.93. The molecular formula is C34H37N5O5. The zero-order valence-electron chi connectivity index (χ0n) is 24.6. The molecule has 1 spiro atoms. The molecule has 10 heteroatoms. The molecule has 2 saturated carbocycles. The molecule has 3 aromatic rings. The van der Waals surface area contributed by atoms with Crippen molar-refractivity contribution < 1.29 is 24.0 Å². The number of hydrogen-bond donors (Lipinski definition) is 3. The number of rotatable bonds is 9. The summed E-state index contributed by atoms with van der Waals surface area (Å²) in [6.45, 7) is 0.911. The van der Waals surface area contributed by atoms with Gasteiger partial charge in [0.15, 0.2) is 0 Å². The number of amides is 4. The Morgan fingerprint density at radius 3 is 2.41 bits per heavy atom. The maximum absolute atomic E-state index is 14.4. The maximum atomic E-state index is 14.4. The van der Waals surface area contributed by atoms with Crippen LogP contribution in [0.4, 0.5) is 0 Å². The van der Waals surface area contributed by atoms with Gasteiger partial charge in [-0.1, -0.05) is 36.4 Å². The van der Waals surface area contributed by atoms with Crippen LogP contribution in [0.5, 0.6) is 0 Å². The summed E-state index contributed by atoms with van der Waals surface area (Å²) in [5, 5.41) is 9.26. The molecule has 4 fully saturated rings. The number of para-hydroxylation sites is 2. The number of fused-ring (bicyclic) bond motifs is 1. The van der Waals surface area contributed by atoms with Crippen LogP contribution in [0, 0.1) is 11.3 Å². The van der Waals surface area contributed by atoms with Gasteiger partial charge < -0.3 is 25.4 Å². The van der Waals surface area contributed by atoms with Gasteiger partial charge in [0.05, 0.1) is 11.6 Å². The van der Waals surface area contributed by atoms with E-state index in [1.807, 2.05) is 65.2 Å². The van der Waals surface area contributed by atoms with Crippen LogP contribution in [0.25, 0.3) is 16.6 Å². The van der Waals surface area contributed by atoms with E-state index in [0.29, 0.717) is 31.6 Å². The van der Waals surface area contributed by atoms with E-state index in [0.717, 1.165) is 48.7 Å². The summed E-state index contributed by atoms with van der Waals surface area (Å²) in [5.74, 6) is -2.85. The van der Waals surface area contributed by atoms with E-state index in [4.69, 9.17) is 0 Å². The molecule has 4 amide bonds. The molecule has 44 heavy (non-hydrogen) atoms. The van der Waals surface area contributed by atoms with Crippen molar-refractivity contribution in [2.45, 2.75) is 69.5 Å². The molecule has 2 aliphatic carbocycles. The molecule has 0 radical (unpaired) electrons. The first-order valence-electron chi connectivity index (χ1n) is 15.7. The number of hydrogen-bond acceptors (Lipinski definition) is 5. The summed E-state index contributed by atoms with van der Waals surface area (Å²) in [6.07, 6.45) is 5.52. The number of ketones is 1. The van der Waals surface area contributed by atoms with E-state index < -0.39 is 35.6 Å². The number of nitrogens with zero attached hydrogens (tertiary/aromatic N) is 2. The SMILES string of the molecule is O=C(NC1CC1)C(=O)C(CC1CCNC1=O)NC(=O)C1CC2(CCN1C(=O)c1cc3ccccc3n1-c1ccccc1)CC2. The van der Waals surface area contributed by atoms with Gasteiger partial charge in [-0.3, -0.25) is 24.0 Å². The Labute approximate surface area is 255 Å². The lowest BCUT2D eigenvalue weighted by Gasteiger charge is -2.39. The van der Waals surface area contributed by atoms with E-state index in [-0.39, 0.29) is 29.7 Å². The molecule has 228 valence electrons. The van der Waals surface area contributed by atoms with Crippen LogP contribution < -0.4 is 16.0 Å². The molecule has 2 aliphatic heterocycles. The summed E-state index contributed by atoms with van der Waals surface area (Å²) < 4.78 is 1.93. The lowest BCUT2D eigenvalue weighted by atomic mass is 9.86.